The maximum atomic E-state index is 5.68. The largest absolute Gasteiger partial charge is 0.487 e. The fourth-order valence-corrected chi connectivity index (χ4v) is 1.60. The second kappa shape index (κ2) is 10.5. The highest BCUT2D eigenvalue weighted by Crippen LogP contribution is 2.27. The molecule has 0 unspecified atom stereocenters. The summed E-state index contributed by atoms with van der Waals surface area (Å²) in [6.45, 7) is 7.99. The summed E-state index contributed by atoms with van der Waals surface area (Å²) in [5.74, 6) is 1.53. The van der Waals surface area contributed by atoms with Crippen LogP contribution in [0.5, 0.6) is 11.5 Å². The zero-order valence-electron chi connectivity index (χ0n) is 12.4. The Labute approximate surface area is 121 Å². The molecule has 0 aliphatic rings. The van der Waals surface area contributed by atoms with E-state index >= 15 is 0 Å². The van der Waals surface area contributed by atoms with Gasteiger partial charge in [-0.05, 0) is 26.0 Å². The third kappa shape index (κ3) is 7.33. The molecule has 0 amide bonds. The van der Waals surface area contributed by atoms with Gasteiger partial charge in [0.2, 0.25) is 0 Å². The normalized spacial score (nSPS) is 10.8. The first-order chi connectivity index (χ1) is 9.74. The number of nitrogens with two attached hydrogens (primary N) is 1. The summed E-state index contributed by atoms with van der Waals surface area (Å²) in [7, 11) is 0. The minimum absolute atomic E-state index is 0.129. The Morgan fingerprint density at radius 2 is 1.80 bits per heavy atom. The van der Waals surface area contributed by atoms with Crippen molar-refractivity contribution in [1.29, 1.82) is 0 Å². The van der Waals surface area contributed by atoms with Crippen molar-refractivity contribution in [3.8, 4) is 11.5 Å². The predicted octanol–water partition coefficient (Wildman–Crippen LogP) is 1.42. The Balaban J connectivity index is 2.18. The lowest BCUT2D eigenvalue weighted by molar-refractivity contribution is 0.0996. The number of para-hydroxylation sites is 2. The van der Waals surface area contributed by atoms with E-state index in [0.717, 1.165) is 24.6 Å². The van der Waals surface area contributed by atoms with E-state index in [4.69, 9.17) is 19.9 Å². The molecular formula is C15H26N2O3. The van der Waals surface area contributed by atoms with Gasteiger partial charge < -0.3 is 25.3 Å². The molecule has 0 aromatic heterocycles. The van der Waals surface area contributed by atoms with Crippen molar-refractivity contribution in [3.63, 3.8) is 0 Å². The first kappa shape index (κ1) is 16.8. The lowest BCUT2D eigenvalue weighted by Gasteiger charge is -2.14. The first-order valence-corrected chi connectivity index (χ1v) is 7.11. The van der Waals surface area contributed by atoms with Gasteiger partial charge in [0.1, 0.15) is 6.61 Å². The van der Waals surface area contributed by atoms with Crippen LogP contribution in [0.1, 0.15) is 13.8 Å². The van der Waals surface area contributed by atoms with Gasteiger partial charge in [-0.15, -0.1) is 0 Å². The number of benzene rings is 1. The zero-order chi connectivity index (χ0) is 14.6. The SMILES string of the molecule is CC(C)Oc1ccccc1OCCOCCNCCN. The second-order valence-electron chi connectivity index (χ2n) is 4.61. The van der Waals surface area contributed by atoms with Crippen molar-refractivity contribution >= 4 is 0 Å². The van der Waals surface area contributed by atoms with Crippen molar-refractivity contribution in [3.05, 3.63) is 24.3 Å². The quantitative estimate of drug-likeness (QED) is 0.601. The molecule has 0 fully saturated rings. The fourth-order valence-electron chi connectivity index (χ4n) is 1.60. The summed E-state index contributed by atoms with van der Waals surface area (Å²) in [6, 6.07) is 7.68. The summed E-state index contributed by atoms with van der Waals surface area (Å²) < 4.78 is 16.8. The molecule has 0 spiro atoms. The predicted molar refractivity (Wildman–Crippen MR) is 80.4 cm³/mol. The van der Waals surface area contributed by atoms with Gasteiger partial charge in [0, 0.05) is 19.6 Å². The fraction of sp³-hybridized carbons (Fsp3) is 0.600. The van der Waals surface area contributed by atoms with Crippen LogP contribution in [0.2, 0.25) is 0 Å². The van der Waals surface area contributed by atoms with Crippen LogP contribution >= 0.6 is 0 Å². The molecule has 1 aromatic carbocycles. The summed E-state index contributed by atoms with van der Waals surface area (Å²) in [5.41, 5.74) is 5.37. The van der Waals surface area contributed by atoms with Gasteiger partial charge >= 0.3 is 0 Å². The van der Waals surface area contributed by atoms with E-state index < -0.39 is 0 Å². The van der Waals surface area contributed by atoms with Gasteiger partial charge in [0.05, 0.1) is 19.3 Å². The van der Waals surface area contributed by atoms with Gasteiger partial charge in [0.15, 0.2) is 11.5 Å². The summed E-state index contributed by atoms with van der Waals surface area (Å²) in [5, 5.41) is 3.16. The van der Waals surface area contributed by atoms with E-state index in [2.05, 4.69) is 5.32 Å². The number of nitrogens with one attached hydrogen (secondary N) is 1. The molecule has 20 heavy (non-hydrogen) atoms. The van der Waals surface area contributed by atoms with Crippen LogP contribution in [0.15, 0.2) is 24.3 Å². The Morgan fingerprint density at radius 1 is 1.05 bits per heavy atom. The second-order valence-corrected chi connectivity index (χ2v) is 4.61. The van der Waals surface area contributed by atoms with Crippen molar-refractivity contribution in [2.24, 2.45) is 5.73 Å². The lowest BCUT2D eigenvalue weighted by Crippen LogP contribution is -2.26. The molecule has 0 saturated heterocycles. The molecule has 3 N–H and O–H groups in total. The molecule has 0 aliphatic heterocycles. The average molecular weight is 282 g/mol. The van der Waals surface area contributed by atoms with Crippen molar-refractivity contribution in [2.45, 2.75) is 20.0 Å². The highest BCUT2D eigenvalue weighted by atomic mass is 16.5. The van der Waals surface area contributed by atoms with Gasteiger partial charge in [-0.25, -0.2) is 0 Å². The van der Waals surface area contributed by atoms with E-state index in [1.54, 1.807) is 0 Å². The Morgan fingerprint density at radius 3 is 2.50 bits per heavy atom. The molecule has 1 rings (SSSR count). The van der Waals surface area contributed by atoms with Crippen molar-refractivity contribution in [2.75, 3.05) is 39.5 Å². The summed E-state index contributed by atoms with van der Waals surface area (Å²) >= 11 is 0. The molecular weight excluding hydrogens is 256 g/mol. The van der Waals surface area contributed by atoms with Crippen LogP contribution in [0.3, 0.4) is 0 Å². The standard InChI is InChI=1S/C15H26N2O3/c1-13(2)20-15-6-4-3-5-14(15)19-12-11-18-10-9-17-8-7-16/h3-6,13,17H,7-12,16H2,1-2H3. The average Bonchev–Trinajstić information content (AvgIpc) is 2.43. The van der Waals surface area contributed by atoms with Crippen LogP contribution in [-0.4, -0.2) is 45.6 Å². The smallest absolute Gasteiger partial charge is 0.161 e. The van der Waals surface area contributed by atoms with Crippen molar-refractivity contribution < 1.29 is 14.2 Å². The number of hydrogen-bond acceptors (Lipinski definition) is 5. The van der Waals surface area contributed by atoms with E-state index in [9.17, 15) is 0 Å². The first-order valence-electron chi connectivity index (χ1n) is 7.11. The topological polar surface area (TPSA) is 65.7 Å². The van der Waals surface area contributed by atoms with E-state index in [-0.39, 0.29) is 6.10 Å². The van der Waals surface area contributed by atoms with Gasteiger partial charge in [0.25, 0.3) is 0 Å². The highest BCUT2D eigenvalue weighted by molar-refractivity contribution is 5.39. The van der Waals surface area contributed by atoms with Gasteiger partial charge in [-0.1, -0.05) is 12.1 Å². The van der Waals surface area contributed by atoms with E-state index in [1.165, 1.54) is 0 Å². The molecule has 5 heteroatoms. The van der Waals surface area contributed by atoms with Crippen LogP contribution in [0.4, 0.5) is 0 Å². The molecule has 5 nitrogen and oxygen atoms in total. The van der Waals surface area contributed by atoms with Crippen LogP contribution in [-0.2, 0) is 4.74 Å². The van der Waals surface area contributed by atoms with Crippen molar-refractivity contribution in [1.82, 2.24) is 5.32 Å². The molecule has 0 bridgehead atoms. The minimum Gasteiger partial charge on any atom is -0.487 e. The van der Waals surface area contributed by atoms with Gasteiger partial charge in [-0.2, -0.15) is 0 Å². The summed E-state index contributed by atoms with van der Waals surface area (Å²) in [4.78, 5) is 0. The Hall–Kier alpha value is -1.30. The van der Waals surface area contributed by atoms with Gasteiger partial charge in [-0.3, -0.25) is 0 Å². The Bertz CT molecular complexity index is 359. The maximum Gasteiger partial charge on any atom is 0.161 e. The van der Waals surface area contributed by atoms with E-state index in [0.29, 0.717) is 26.4 Å². The highest BCUT2D eigenvalue weighted by Gasteiger charge is 2.05. The lowest BCUT2D eigenvalue weighted by atomic mass is 10.3. The maximum absolute atomic E-state index is 5.68. The third-order valence-electron chi connectivity index (χ3n) is 2.44. The molecule has 0 saturated carbocycles. The molecule has 0 atom stereocenters. The number of ether oxygens (including phenoxy) is 3. The third-order valence-corrected chi connectivity index (χ3v) is 2.44. The van der Waals surface area contributed by atoms with Crippen LogP contribution < -0.4 is 20.5 Å². The number of hydrogen-bond donors (Lipinski definition) is 2. The summed E-state index contributed by atoms with van der Waals surface area (Å²) in [6.07, 6.45) is 0.129. The molecule has 114 valence electrons. The molecule has 0 heterocycles. The number of rotatable bonds is 11. The Kier molecular flexibility index (Phi) is 8.78. The zero-order valence-corrected chi connectivity index (χ0v) is 12.4. The molecule has 0 aliphatic carbocycles. The molecule has 0 radical (unpaired) electrons. The monoisotopic (exact) mass is 282 g/mol. The van der Waals surface area contributed by atoms with Crippen LogP contribution in [0, 0.1) is 0 Å². The minimum atomic E-state index is 0.129. The van der Waals surface area contributed by atoms with Crippen LogP contribution in [0.25, 0.3) is 0 Å². The molecule has 1 aromatic rings. The van der Waals surface area contributed by atoms with E-state index in [1.807, 2.05) is 38.1 Å².